The van der Waals surface area contributed by atoms with Crippen LogP contribution in [0.15, 0.2) is 49.4 Å². The number of ether oxygens (including phenoxy) is 1. The van der Waals surface area contributed by atoms with E-state index in [4.69, 9.17) is 15.5 Å². The van der Waals surface area contributed by atoms with Crippen LogP contribution in [-0.4, -0.2) is 16.2 Å². The SMILES string of the molecule is C=CNc1c(CC)c(-c2ccc3c(c2)ncn3C2CCCCC2)cc(OCCC)c1/C(N)=C\CCC. The molecule has 0 atom stereocenters. The zero-order valence-corrected chi connectivity index (χ0v) is 22.3. The number of fused-ring (bicyclic) bond motifs is 1. The van der Waals surface area contributed by atoms with Crippen LogP contribution in [0.2, 0.25) is 0 Å². The average Bonchev–Trinajstić information content (AvgIpc) is 3.34. The van der Waals surface area contributed by atoms with Gasteiger partial charge in [-0.2, -0.15) is 0 Å². The minimum absolute atomic E-state index is 0.565. The predicted molar refractivity (Wildman–Crippen MR) is 153 cm³/mol. The van der Waals surface area contributed by atoms with Crippen molar-refractivity contribution in [3.05, 3.63) is 60.6 Å². The number of allylic oxidation sites excluding steroid dienone is 1. The molecular formula is C31H42N4O. The Morgan fingerprint density at radius 1 is 1.17 bits per heavy atom. The summed E-state index contributed by atoms with van der Waals surface area (Å²) in [7, 11) is 0. The van der Waals surface area contributed by atoms with Crippen molar-refractivity contribution in [2.45, 2.75) is 84.6 Å². The molecule has 1 aliphatic rings. The van der Waals surface area contributed by atoms with Crippen LogP contribution in [-0.2, 0) is 6.42 Å². The maximum atomic E-state index is 6.64. The van der Waals surface area contributed by atoms with Crippen LogP contribution in [0, 0.1) is 0 Å². The van der Waals surface area contributed by atoms with E-state index in [1.807, 2.05) is 6.33 Å². The van der Waals surface area contributed by atoms with Crippen LogP contribution in [0.25, 0.3) is 27.9 Å². The number of rotatable bonds is 11. The van der Waals surface area contributed by atoms with Gasteiger partial charge in [0, 0.05) is 11.7 Å². The summed E-state index contributed by atoms with van der Waals surface area (Å²) in [5.74, 6) is 0.811. The van der Waals surface area contributed by atoms with Gasteiger partial charge in [-0.15, -0.1) is 0 Å². The van der Waals surface area contributed by atoms with Crippen LogP contribution in [0.4, 0.5) is 5.69 Å². The lowest BCUT2D eigenvalue weighted by atomic mass is 9.91. The van der Waals surface area contributed by atoms with Gasteiger partial charge in [-0.05, 0) is 73.2 Å². The highest BCUT2D eigenvalue weighted by atomic mass is 16.5. The molecule has 0 saturated heterocycles. The predicted octanol–water partition coefficient (Wildman–Crippen LogP) is 8.21. The molecule has 3 aromatic rings. The summed E-state index contributed by atoms with van der Waals surface area (Å²) in [5, 5.41) is 3.41. The van der Waals surface area contributed by atoms with E-state index in [2.05, 4.69) is 67.6 Å². The maximum Gasteiger partial charge on any atom is 0.131 e. The Bertz CT molecular complexity index is 1220. The highest BCUT2D eigenvalue weighted by Crippen LogP contribution is 2.42. The second kappa shape index (κ2) is 12.2. The first-order chi connectivity index (χ1) is 17.6. The Balaban J connectivity index is 1.86. The van der Waals surface area contributed by atoms with Crippen LogP contribution in [0.5, 0.6) is 5.75 Å². The zero-order chi connectivity index (χ0) is 25.5. The van der Waals surface area contributed by atoms with Crippen molar-refractivity contribution in [2.75, 3.05) is 11.9 Å². The molecule has 1 fully saturated rings. The minimum Gasteiger partial charge on any atom is -0.493 e. The molecule has 0 aliphatic heterocycles. The molecule has 0 unspecified atom stereocenters. The highest BCUT2D eigenvalue weighted by molar-refractivity contribution is 5.90. The standard InChI is InChI=1S/C31H42N4O/c1-5-9-15-26(32)30-29(36-18-6-2)20-25(24(7-3)31(30)33-8-4)22-16-17-28-27(19-22)34-21-35(28)23-13-11-10-12-14-23/h8,15-17,19-21,23,33H,4-7,9-14,18,32H2,1-3H3/b26-15+. The Hall–Kier alpha value is -3.21. The number of hydrogen-bond donors (Lipinski definition) is 2. The fourth-order valence-corrected chi connectivity index (χ4v) is 5.45. The van der Waals surface area contributed by atoms with Gasteiger partial charge in [0.15, 0.2) is 0 Å². The van der Waals surface area contributed by atoms with Gasteiger partial charge >= 0.3 is 0 Å². The fourth-order valence-electron chi connectivity index (χ4n) is 5.45. The molecule has 1 aliphatic carbocycles. The van der Waals surface area contributed by atoms with Crippen molar-refractivity contribution in [3.8, 4) is 16.9 Å². The third-order valence-electron chi connectivity index (χ3n) is 7.26. The molecule has 0 amide bonds. The molecule has 5 nitrogen and oxygen atoms in total. The monoisotopic (exact) mass is 486 g/mol. The normalized spacial score (nSPS) is 14.8. The number of aromatic nitrogens is 2. The first-order valence-corrected chi connectivity index (χ1v) is 13.8. The third-order valence-corrected chi connectivity index (χ3v) is 7.26. The van der Waals surface area contributed by atoms with Gasteiger partial charge < -0.3 is 20.4 Å². The number of nitrogens with one attached hydrogen (secondary N) is 1. The molecule has 0 radical (unpaired) electrons. The zero-order valence-electron chi connectivity index (χ0n) is 22.3. The number of unbranched alkanes of at least 4 members (excludes halogenated alkanes) is 1. The Labute approximate surface area is 216 Å². The lowest BCUT2D eigenvalue weighted by Crippen LogP contribution is -2.11. The number of benzene rings is 2. The van der Waals surface area contributed by atoms with Crippen LogP contribution in [0.1, 0.15) is 89.3 Å². The fraction of sp³-hybridized carbons (Fsp3) is 0.452. The molecule has 1 saturated carbocycles. The van der Waals surface area contributed by atoms with Crippen LogP contribution < -0.4 is 15.8 Å². The summed E-state index contributed by atoms with van der Waals surface area (Å²) < 4.78 is 8.68. The van der Waals surface area contributed by atoms with E-state index < -0.39 is 0 Å². The molecule has 1 aromatic heterocycles. The van der Waals surface area contributed by atoms with Crippen molar-refractivity contribution >= 4 is 22.4 Å². The molecule has 192 valence electrons. The second-order valence-corrected chi connectivity index (χ2v) is 9.80. The van der Waals surface area contributed by atoms with E-state index in [1.54, 1.807) is 6.20 Å². The number of hydrogen-bond acceptors (Lipinski definition) is 4. The molecule has 2 aromatic carbocycles. The maximum absolute atomic E-state index is 6.64. The van der Waals surface area contributed by atoms with E-state index in [9.17, 15) is 0 Å². The molecule has 5 heteroatoms. The van der Waals surface area contributed by atoms with E-state index in [0.29, 0.717) is 12.6 Å². The number of imidazole rings is 1. The molecular weight excluding hydrogens is 444 g/mol. The van der Waals surface area contributed by atoms with Gasteiger partial charge in [0.2, 0.25) is 0 Å². The lowest BCUT2D eigenvalue weighted by molar-refractivity contribution is 0.317. The Kier molecular flexibility index (Phi) is 8.74. The van der Waals surface area contributed by atoms with Crippen molar-refractivity contribution in [1.29, 1.82) is 0 Å². The molecule has 1 heterocycles. The summed E-state index contributed by atoms with van der Waals surface area (Å²) in [6, 6.07) is 9.43. The number of nitrogens with two attached hydrogens (primary N) is 1. The third kappa shape index (κ3) is 5.30. The lowest BCUT2D eigenvalue weighted by Gasteiger charge is -2.24. The topological polar surface area (TPSA) is 65.1 Å². The second-order valence-electron chi connectivity index (χ2n) is 9.80. The van der Waals surface area contributed by atoms with Crippen molar-refractivity contribution in [2.24, 2.45) is 5.73 Å². The van der Waals surface area contributed by atoms with Gasteiger partial charge in [-0.25, -0.2) is 4.98 Å². The first-order valence-electron chi connectivity index (χ1n) is 13.8. The Morgan fingerprint density at radius 2 is 1.97 bits per heavy atom. The number of anilines is 1. The minimum atomic E-state index is 0.565. The smallest absolute Gasteiger partial charge is 0.131 e. The van der Waals surface area contributed by atoms with Crippen molar-refractivity contribution < 1.29 is 4.74 Å². The van der Waals surface area contributed by atoms with E-state index in [1.165, 1.54) is 43.2 Å². The Morgan fingerprint density at radius 3 is 2.67 bits per heavy atom. The summed E-state index contributed by atoms with van der Waals surface area (Å²) in [4.78, 5) is 4.82. The van der Waals surface area contributed by atoms with E-state index in [-0.39, 0.29) is 0 Å². The first kappa shape index (κ1) is 25.9. The highest BCUT2D eigenvalue weighted by Gasteiger charge is 2.22. The number of nitrogens with zero attached hydrogens (tertiary/aromatic N) is 2. The largest absolute Gasteiger partial charge is 0.493 e. The molecule has 4 rings (SSSR count). The van der Waals surface area contributed by atoms with Gasteiger partial charge in [-0.3, -0.25) is 0 Å². The van der Waals surface area contributed by atoms with Gasteiger partial charge in [-0.1, -0.05) is 65.2 Å². The van der Waals surface area contributed by atoms with Crippen molar-refractivity contribution in [1.82, 2.24) is 9.55 Å². The molecule has 0 bridgehead atoms. The average molecular weight is 487 g/mol. The van der Waals surface area contributed by atoms with Gasteiger partial charge in [0.25, 0.3) is 0 Å². The van der Waals surface area contributed by atoms with E-state index in [0.717, 1.165) is 65.0 Å². The van der Waals surface area contributed by atoms with E-state index >= 15 is 0 Å². The van der Waals surface area contributed by atoms with Gasteiger partial charge in [0.05, 0.1) is 35.2 Å². The summed E-state index contributed by atoms with van der Waals surface area (Å²) in [6.07, 6.45) is 16.1. The quantitative estimate of drug-likeness (QED) is 0.286. The molecule has 0 spiro atoms. The van der Waals surface area contributed by atoms with Gasteiger partial charge in [0.1, 0.15) is 5.75 Å². The molecule has 3 N–H and O–H groups in total. The summed E-state index contributed by atoms with van der Waals surface area (Å²) in [6.45, 7) is 11.1. The summed E-state index contributed by atoms with van der Waals surface area (Å²) >= 11 is 0. The van der Waals surface area contributed by atoms with Crippen LogP contribution >= 0.6 is 0 Å². The molecule has 36 heavy (non-hydrogen) atoms. The van der Waals surface area contributed by atoms with Crippen molar-refractivity contribution in [3.63, 3.8) is 0 Å². The summed E-state index contributed by atoms with van der Waals surface area (Å²) in [5.41, 5.74) is 15.1. The van der Waals surface area contributed by atoms with Crippen LogP contribution in [0.3, 0.4) is 0 Å².